The lowest BCUT2D eigenvalue weighted by Gasteiger charge is -2.27. The second-order valence-electron chi connectivity index (χ2n) is 7.97. The average molecular weight is 417 g/mol. The summed E-state index contributed by atoms with van der Waals surface area (Å²) < 4.78 is 5.75. The molecule has 1 saturated heterocycles. The van der Waals surface area contributed by atoms with Crippen molar-refractivity contribution in [1.82, 2.24) is 10.2 Å². The van der Waals surface area contributed by atoms with Gasteiger partial charge in [-0.15, -0.1) is 10.2 Å². The number of hydrogen-bond donors (Lipinski definition) is 1. The van der Waals surface area contributed by atoms with Crippen molar-refractivity contribution in [2.75, 3.05) is 23.3 Å². The quantitative estimate of drug-likeness (QED) is 0.622. The molecule has 0 saturated carbocycles. The largest absolute Gasteiger partial charge is 0.481 e. The summed E-state index contributed by atoms with van der Waals surface area (Å²) in [6.45, 7) is 5.83. The minimum absolute atomic E-state index is 0.195. The minimum atomic E-state index is -0.602. The second-order valence-corrected chi connectivity index (χ2v) is 7.97. The topological polar surface area (TPSA) is 67.3 Å². The molecule has 0 spiro atoms. The van der Waals surface area contributed by atoms with E-state index in [1.165, 1.54) is 19.3 Å². The van der Waals surface area contributed by atoms with Crippen molar-refractivity contribution in [2.24, 2.45) is 0 Å². The summed E-state index contributed by atoms with van der Waals surface area (Å²) in [5.74, 6) is 1.43. The zero-order chi connectivity index (χ0) is 21.6. The van der Waals surface area contributed by atoms with Crippen LogP contribution in [0.5, 0.6) is 5.75 Å². The minimum Gasteiger partial charge on any atom is -0.481 e. The van der Waals surface area contributed by atoms with Crippen LogP contribution in [0, 0.1) is 6.92 Å². The van der Waals surface area contributed by atoms with E-state index in [4.69, 9.17) is 4.74 Å². The van der Waals surface area contributed by atoms with Gasteiger partial charge in [-0.1, -0.05) is 24.3 Å². The molecule has 3 aromatic rings. The summed E-state index contributed by atoms with van der Waals surface area (Å²) in [5, 5.41) is 11.7. The maximum atomic E-state index is 12.5. The normalized spacial score (nSPS) is 14.7. The Hall–Kier alpha value is -3.41. The molecule has 1 amide bonds. The van der Waals surface area contributed by atoms with Crippen molar-refractivity contribution in [1.29, 1.82) is 0 Å². The highest BCUT2D eigenvalue weighted by Gasteiger charge is 2.16. The van der Waals surface area contributed by atoms with E-state index in [0.29, 0.717) is 11.4 Å². The number of carbonyl (C=O) groups excluding carboxylic acids is 1. The number of anilines is 2. The molecule has 1 aliphatic heterocycles. The fraction of sp³-hybridized carbons (Fsp3) is 0.320. The van der Waals surface area contributed by atoms with E-state index < -0.39 is 6.10 Å². The maximum absolute atomic E-state index is 12.5. The Morgan fingerprint density at radius 1 is 1.00 bits per heavy atom. The first kappa shape index (κ1) is 20.8. The summed E-state index contributed by atoms with van der Waals surface area (Å²) in [5.41, 5.74) is 3.58. The van der Waals surface area contributed by atoms with Gasteiger partial charge in [-0.05, 0) is 75.1 Å². The van der Waals surface area contributed by atoms with E-state index >= 15 is 0 Å². The number of aryl methyl sites for hydroxylation is 1. The molecule has 0 aliphatic carbocycles. The monoisotopic (exact) mass is 416 g/mol. The Labute approximate surface area is 183 Å². The van der Waals surface area contributed by atoms with E-state index in [1.54, 1.807) is 6.92 Å². The third kappa shape index (κ3) is 5.40. The molecule has 1 aliphatic rings. The van der Waals surface area contributed by atoms with Gasteiger partial charge in [0.25, 0.3) is 5.91 Å². The third-order valence-electron chi connectivity index (χ3n) is 5.45. The molecule has 160 valence electrons. The number of amides is 1. The molecule has 1 fully saturated rings. The molecule has 0 bridgehead atoms. The van der Waals surface area contributed by atoms with Gasteiger partial charge in [-0.25, -0.2) is 0 Å². The van der Waals surface area contributed by atoms with Gasteiger partial charge in [-0.2, -0.15) is 0 Å². The lowest BCUT2D eigenvalue weighted by molar-refractivity contribution is -0.122. The predicted octanol–water partition coefficient (Wildman–Crippen LogP) is 4.85. The number of benzene rings is 2. The van der Waals surface area contributed by atoms with Crippen LogP contribution in [-0.2, 0) is 4.79 Å². The van der Waals surface area contributed by atoms with Gasteiger partial charge in [0.15, 0.2) is 11.9 Å². The van der Waals surface area contributed by atoms with Crippen molar-refractivity contribution in [3.63, 3.8) is 0 Å². The van der Waals surface area contributed by atoms with E-state index in [-0.39, 0.29) is 5.91 Å². The SMILES string of the molecule is Cc1cccc(OC(C)C(=O)Nc2ccc(-c3ccc(N4CCCCC4)nn3)cc2)c1. The van der Waals surface area contributed by atoms with Crippen molar-refractivity contribution >= 4 is 17.4 Å². The van der Waals surface area contributed by atoms with Crippen molar-refractivity contribution < 1.29 is 9.53 Å². The molecular weight excluding hydrogens is 388 g/mol. The Balaban J connectivity index is 1.35. The van der Waals surface area contributed by atoms with Crippen LogP contribution >= 0.6 is 0 Å². The summed E-state index contributed by atoms with van der Waals surface area (Å²) >= 11 is 0. The van der Waals surface area contributed by atoms with Gasteiger partial charge < -0.3 is 15.0 Å². The third-order valence-corrected chi connectivity index (χ3v) is 5.45. The van der Waals surface area contributed by atoms with Gasteiger partial charge in [0.05, 0.1) is 5.69 Å². The Morgan fingerprint density at radius 2 is 1.77 bits per heavy atom. The van der Waals surface area contributed by atoms with Crippen LogP contribution in [0.1, 0.15) is 31.7 Å². The van der Waals surface area contributed by atoms with Crippen LogP contribution in [0.15, 0.2) is 60.7 Å². The summed E-state index contributed by atoms with van der Waals surface area (Å²) in [6.07, 6.45) is 3.12. The van der Waals surface area contributed by atoms with E-state index in [1.807, 2.05) is 67.6 Å². The molecule has 4 rings (SSSR count). The van der Waals surface area contributed by atoms with Crippen LogP contribution in [0.4, 0.5) is 11.5 Å². The van der Waals surface area contributed by atoms with E-state index in [0.717, 1.165) is 35.7 Å². The first-order valence-corrected chi connectivity index (χ1v) is 10.8. The number of nitrogens with one attached hydrogen (secondary N) is 1. The summed E-state index contributed by atoms with van der Waals surface area (Å²) in [4.78, 5) is 14.8. The van der Waals surface area contributed by atoms with Gasteiger partial charge >= 0.3 is 0 Å². The highest BCUT2D eigenvalue weighted by Crippen LogP contribution is 2.22. The summed E-state index contributed by atoms with van der Waals surface area (Å²) in [7, 11) is 0. The lowest BCUT2D eigenvalue weighted by atomic mass is 10.1. The first-order chi connectivity index (χ1) is 15.1. The van der Waals surface area contributed by atoms with Gasteiger partial charge in [0, 0.05) is 24.3 Å². The number of nitrogens with zero attached hydrogens (tertiary/aromatic N) is 3. The number of aromatic nitrogens is 2. The number of ether oxygens (including phenoxy) is 1. The van der Waals surface area contributed by atoms with E-state index in [2.05, 4.69) is 20.4 Å². The molecule has 1 N–H and O–H groups in total. The maximum Gasteiger partial charge on any atom is 0.265 e. The van der Waals surface area contributed by atoms with Crippen molar-refractivity contribution in [3.8, 4) is 17.0 Å². The highest BCUT2D eigenvalue weighted by atomic mass is 16.5. The van der Waals surface area contributed by atoms with Crippen LogP contribution in [0.2, 0.25) is 0 Å². The number of piperidine rings is 1. The highest BCUT2D eigenvalue weighted by molar-refractivity contribution is 5.94. The smallest absolute Gasteiger partial charge is 0.265 e. The standard InChI is InChI=1S/C25H28N4O2/c1-18-7-6-8-22(17-18)31-19(2)25(30)26-21-11-9-20(10-12-21)23-13-14-24(28-27-23)29-15-4-3-5-16-29/h6-14,17,19H,3-5,15-16H2,1-2H3,(H,26,30). The second kappa shape index (κ2) is 9.60. The molecule has 1 atom stereocenters. The first-order valence-electron chi connectivity index (χ1n) is 10.8. The summed E-state index contributed by atoms with van der Waals surface area (Å²) in [6, 6.07) is 19.3. The van der Waals surface area contributed by atoms with Gasteiger partial charge in [-0.3, -0.25) is 4.79 Å². The number of carbonyl (C=O) groups is 1. The van der Waals surface area contributed by atoms with Crippen LogP contribution in [0.25, 0.3) is 11.3 Å². The van der Waals surface area contributed by atoms with Crippen LogP contribution < -0.4 is 15.0 Å². The predicted molar refractivity (Wildman–Crippen MR) is 123 cm³/mol. The Bertz CT molecular complexity index is 1010. The number of hydrogen-bond acceptors (Lipinski definition) is 5. The molecule has 1 aromatic heterocycles. The van der Waals surface area contributed by atoms with Crippen molar-refractivity contribution in [2.45, 2.75) is 39.2 Å². The molecule has 2 heterocycles. The Kier molecular flexibility index (Phi) is 6.46. The molecule has 6 nitrogen and oxygen atoms in total. The molecule has 6 heteroatoms. The molecule has 0 radical (unpaired) electrons. The molecule has 2 aromatic carbocycles. The zero-order valence-corrected chi connectivity index (χ0v) is 18.0. The Morgan fingerprint density at radius 3 is 2.45 bits per heavy atom. The molecule has 31 heavy (non-hydrogen) atoms. The molecule has 1 unspecified atom stereocenters. The van der Waals surface area contributed by atoms with E-state index in [9.17, 15) is 4.79 Å². The fourth-order valence-corrected chi connectivity index (χ4v) is 3.69. The lowest BCUT2D eigenvalue weighted by Crippen LogP contribution is -2.30. The van der Waals surface area contributed by atoms with Crippen molar-refractivity contribution in [3.05, 3.63) is 66.2 Å². The van der Waals surface area contributed by atoms with Crippen LogP contribution in [-0.4, -0.2) is 35.3 Å². The number of rotatable bonds is 6. The fourth-order valence-electron chi connectivity index (χ4n) is 3.69. The average Bonchev–Trinajstić information content (AvgIpc) is 2.80. The van der Waals surface area contributed by atoms with Gasteiger partial charge in [0.2, 0.25) is 0 Å². The zero-order valence-electron chi connectivity index (χ0n) is 18.0. The van der Waals surface area contributed by atoms with Crippen LogP contribution in [0.3, 0.4) is 0 Å². The molecular formula is C25H28N4O2. The van der Waals surface area contributed by atoms with Gasteiger partial charge in [0.1, 0.15) is 5.75 Å².